The second-order valence-electron chi connectivity index (χ2n) is 6.92. The molecule has 1 unspecified atom stereocenters. The molecule has 0 saturated carbocycles. The minimum absolute atomic E-state index is 0.130. The zero-order valence-corrected chi connectivity index (χ0v) is 15.8. The van der Waals surface area contributed by atoms with Crippen LogP contribution >= 0.6 is 11.3 Å². The van der Waals surface area contributed by atoms with E-state index in [0.29, 0.717) is 6.54 Å². The summed E-state index contributed by atoms with van der Waals surface area (Å²) in [4.78, 5) is 21.8. The number of fused-ring (bicyclic) bond motifs is 1. The van der Waals surface area contributed by atoms with Crippen molar-refractivity contribution < 1.29 is 4.79 Å². The molecule has 0 bridgehead atoms. The summed E-state index contributed by atoms with van der Waals surface area (Å²) in [6.45, 7) is 2.06. The molecule has 0 N–H and O–H groups in total. The van der Waals surface area contributed by atoms with Gasteiger partial charge in [0.25, 0.3) is 0 Å². The van der Waals surface area contributed by atoms with Crippen molar-refractivity contribution in [3.8, 4) is 0 Å². The first-order valence-electron chi connectivity index (χ1n) is 9.08. The summed E-state index contributed by atoms with van der Waals surface area (Å²) in [5, 5.41) is 1.07. The van der Waals surface area contributed by atoms with Crippen LogP contribution in [0.2, 0.25) is 0 Å². The lowest BCUT2D eigenvalue weighted by Gasteiger charge is -2.26. The van der Waals surface area contributed by atoms with Gasteiger partial charge in [0.2, 0.25) is 5.91 Å². The standard InChI is InChI=1S/C21H23N3OS/c1-23(14-16-8-3-2-4-9-16)15-20(25)24-13-7-11-18(24)21-22-17-10-5-6-12-19(17)26-21/h2-6,8-10,12,18H,7,11,13-15H2,1H3. The molecule has 5 heteroatoms. The maximum Gasteiger partial charge on any atom is 0.237 e. The third-order valence-electron chi connectivity index (χ3n) is 4.87. The molecule has 4 nitrogen and oxygen atoms in total. The molecule has 2 aromatic carbocycles. The highest BCUT2D eigenvalue weighted by atomic mass is 32.1. The van der Waals surface area contributed by atoms with Crippen molar-refractivity contribution in [2.75, 3.05) is 20.1 Å². The molecular formula is C21H23N3OS. The molecule has 1 amide bonds. The maximum atomic E-state index is 12.9. The van der Waals surface area contributed by atoms with Crippen LogP contribution in [0.4, 0.5) is 0 Å². The minimum Gasteiger partial charge on any atom is -0.332 e. The van der Waals surface area contributed by atoms with Gasteiger partial charge in [0.15, 0.2) is 0 Å². The fourth-order valence-corrected chi connectivity index (χ4v) is 4.74. The van der Waals surface area contributed by atoms with E-state index in [-0.39, 0.29) is 11.9 Å². The highest BCUT2D eigenvalue weighted by Gasteiger charge is 2.32. The highest BCUT2D eigenvalue weighted by molar-refractivity contribution is 7.18. The number of thiazole rings is 1. The lowest BCUT2D eigenvalue weighted by molar-refractivity contribution is -0.133. The Hall–Kier alpha value is -2.24. The van der Waals surface area contributed by atoms with Gasteiger partial charge in [-0.05, 0) is 37.6 Å². The fraction of sp³-hybridized carbons (Fsp3) is 0.333. The van der Waals surface area contributed by atoms with Gasteiger partial charge < -0.3 is 4.90 Å². The molecule has 134 valence electrons. The van der Waals surface area contributed by atoms with Gasteiger partial charge in [0.1, 0.15) is 5.01 Å². The third kappa shape index (κ3) is 3.64. The molecule has 1 aliphatic heterocycles. The number of likely N-dealkylation sites (tertiary alicyclic amines) is 1. The fourth-order valence-electron chi connectivity index (χ4n) is 3.63. The Morgan fingerprint density at radius 1 is 1.19 bits per heavy atom. The number of rotatable bonds is 5. The van der Waals surface area contributed by atoms with E-state index >= 15 is 0 Å². The quantitative estimate of drug-likeness (QED) is 0.683. The van der Waals surface area contributed by atoms with Gasteiger partial charge in [-0.2, -0.15) is 0 Å². The van der Waals surface area contributed by atoms with E-state index < -0.39 is 0 Å². The van der Waals surface area contributed by atoms with Crippen LogP contribution in [0.25, 0.3) is 10.2 Å². The Morgan fingerprint density at radius 2 is 1.96 bits per heavy atom. The first-order valence-corrected chi connectivity index (χ1v) is 9.90. The second-order valence-corrected chi connectivity index (χ2v) is 7.99. The first-order chi connectivity index (χ1) is 12.7. The summed E-state index contributed by atoms with van der Waals surface area (Å²) in [5.41, 5.74) is 2.26. The molecule has 3 aromatic rings. The summed E-state index contributed by atoms with van der Waals surface area (Å²) in [5.74, 6) is 0.199. The van der Waals surface area contributed by atoms with Crippen molar-refractivity contribution in [3.05, 3.63) is 65.2 Å². The number of hydrogen-bond donors (Lipinski definition) is 0. The molecule has 26 heavy (non-hydrogen) atoms. The molecule has 1 aromatic heterocycles. The molecule has 0 spiro atoms. The maximum absolute atomic E-state index is 12.9. The Bertz CT molecular complexity index is 859. The Balaban J connectivity index is 1.44. The zero-order valence-electron chi connectivity index (χ0n) is 15.0. The Morgan fingerprint density at radius 3 is 2.77 bits per heavy atom. The topological polar surface area (TPSA) is 36.4 Å². The lowest BCUT2D eigenvalue weighted by Crippen LogP contribution is -2.38. The molecule has 1 atom stereocenters. The van der Waals surface area contributed by atoms with Crippen LogP contribution in [0.1, 0.15) is 29.5 Å². The average molecular weight is 366 g/mol. The normalized spacial score (nSPS) is 17.3. The summed E-state index contributed by atoms with van der Waals surface area (Å²) >= 11 is 1.72. The number of aromatic nitrogens is 1. The van der Waals surface area contributed by atoms with Crippen molar-refractivity contribution in [2.45, 2.75) is 25.4 Å². The number of amides is 1. The van der Waals surface area contributed by atoms with Crippen molar-refractivity contribution in [1.29, 1.82) is 0 Å². The van der Waals surface area contributed by atoms with E-state index in [4.69, 9.17) is 4.98 Å². The summed E-state index contributed by atoms with van der Waals surface area (Å²) in [6.07, 6.45) is 2.06. The number of carbonyl (C=O) groups excluding carboxylic acids is 1. The minimum atomic E-state index is 0.130. The van der Waals surface area contributed by atoms with E-state index in [9.17, 15) is 4.79 Å². The van der Waals surface area contributed by atoms with Crippen molar-refractivity contribution in [2.24, 2.45) is 0 Å². The van der Waals surface area contributed by atoms with Crippen LogP contribution < -0.4 is 0 Å². The number of likely N-dealkylation sites (N-methyl/N-ethyl adjacent to an activating group) is 1. The second kappa shape index (κ2) is 7.56. The first kappa shape index (κ1) is 17.2. The van der Waals surface area contributed by atoms with Crippen LogP contribution in [0.5, 0.6) is 0 Å². The van der Waals surface area contributed by atoms with Gasteiger partial charge in [0, 0.05) is 13.1 Å². The molecule has 2 heterocycles. The van der Waals surface area contributed by atoms with Crippen molar-refractivity contribution >= 4 is 27.5 Å². The monoisotopic (exact) mass is 365 g/mol. The Kier molecular flexibility index (Phi) is 5.00. The van der Waals surface area contributed by atoms with Crippen LogP contribution in [0, 0.1) is 0 Å². The van der Waals surface area contributed by atoms with Gasteiger partial charge in [-0.25, -0.2) is 4.98 Å². The number of hydrogen-bond acceptors (Lipinski definition) is 4. The van der Waals surface area contributed by atoms with Gasteiger partial charge in [-0.1, -0.05) is 42.5 Å². The SMILES string of the molecule is CN(CC(=O)N1CCCC1c1nc2ccccc2s1)Cc1ccccc1. The zero-order chi connectivity index (χ0) is 17.9. The van der Waals surface area contributed by atoms with Crippen molar-refractivity contribution in [3.63, 3.8) is 0 Å². The molecule has 1 fully saturated rings. The molecule has 4 rings (SSSR count). The van der Waals surface area contributed by atoms with E-state index in [1.165, 1.54) is 10.3 Å². The predicted molar refractivity (Wildman–Crippen MR) is 106 cm³/mol. The van der Waals surface area contributed by atoms with Crippen molar-refractivity contribution in [1.82, 2.24) is 14.8 Å². The van der Waals surface area contributed by atoms with Gasteiger partial charge in [0.05, 0.1) is 22.8 Å². The molecule has 1 aliphatic rings. The van der Waals surface area contributed by atoms with Gasteiger partial charge >= 0.3 is 0 Å². The summed E-state index contributed by atoms with van der Waals surface area (Å²) < 4.78 is 1.20. The van der Waals surface area contributed by atoms with E-state index in [1.54, 1.807) is 11.3 Å². The van der Waals surface area contributed by atoms with Gasteiger partial charge in [-0.3, -0.25) is 9.69 Å². The van der Waals surface area contributed by atoms with Crippen LogP contribution in [0.3, 0.4) is 0 Å². The summed E-state index contributed by atoms with van der Waals surface area (Å²) in [7, 11) is 2.01. The highest BCUT2D eigenvalue weighted by Crippen LogP contribution is 2.36. The number of para-hydroxylation sites is 1. The number of carbonyl (C=O) groups is 1. The molecular weight excluding hydrogens is 342 g/mol. The van der Waals surface area contributed by atoms with Crippen LogP contribution in [-0.2, 0) is 11.3 Å². The summed E-state index contributed by atoms with van der Waals surface area (Å²) in [6, 6.07) is 18.6. The van der Waals surface area contributed by atoms with E-state index in [0.717, 1.165) is 36.5 Å². The number of nitrogens with zero attached hydrogens (tertiary/aromatic N) is 3. The number of benzene rings is 2. The lowest BCUT2D eigenvalue weighted by atomic mass is 10.2. The predicted octanol–water partition coefficient (Wildman–Crippen LogP) is 4.09. The average Bonchev–Trinajstić information content (AvgIpc) is 3.29. The third-order valence-corrected chi connectivity index (χ3v) is 6.01. The van der Waals surface area contributed by atoms with E-state index in [1.807, 2.05) is 48.3 Å². The largest absolute Gasteiger partial charge is 0.332 e. The van der Waals surface area contributed by atoms with Gasteiger partial charge in [-0.15, -0.1) is 11.3 Å². The molecule has 0 radical (unpaired) electrons. The molecule has 1 saturated heterocycles. The van der Waals surface area contributed by atoms with Crippen LogP contribution in [-0.4, -0.2) is 40.8 Å². The van der Waals surface area contributed by atoms with E-state index in [2.05, 4.69) is 23.1 Å². The Labute approximate surface area is 158 Å². The smallest absolute Gasteiger partial charge is 0.237 e. The molecule has 0 aliphatic carbocycles. The van der Waals surface area contributed by atoms with Crippen LogP contribution in [0.15, 0.2) is 54.6 Å².